The zero-order valence-electron chi connectivity index (χ0n) is 17.0. The van der Waals surface area contributed by atoms with Gasteiger partial charge in [0.25, 0.3) is 11.8 Å². The van der Waals surface area contributed by atoms with Crippen molar-refractivity contribution in [3.63, 3.8) is 0 Å². The van der Waals surface area contributed by atoms with Crippen molar-refractivity contribution in [2.45, 2.75) is 13.5 Å². The number of imide groups is 1. The SMILES string of the molecule is CCOc1cccc(NC2=C(c3ccccc3)C(=O)N(Cc3ccccc3F)C2=O)c1. The number of halogens is 1. The van der Waals surface area contributed by atoms with Crippen molar-refractivity contribution in [3.05, 3.63) is 102 Å². The Hall–Kier alpha value is -3.93. The molecule has 0 aromatic heterocycles. The van der Waals surface area contributed by atoms with E-state index in [1.54, 1.807) is 60.7 Å². The van der Waals surface area contributed by atoms with E-state index in [4.69, 9.17) is 4.74 Å². The molecule has 3 aromatic carbocycles. The molecule has 31 heavy (non-hydrogen) atoms. The fourth-order valence-electron chi connectivity index (χ4n) is 3.48. The molecule has 5 nitrogen and oxygen atoms in total. The third-order valence-corrected chi connectivity index (χ3v) is 4.93. The van der Waals surface area contributed by atoms with Crippen LogP contribution in [0.5, 0.6) is 5.75 Å². The van der Waals surface area contributed by atoms with Gasteiger partial charge in [-0.25, -0.2) is 4.39 Å². The largest absolute Gasteiger partial charge is 0.494 e. The average Bonchev–Trinajstić information content (AvgIpc) is 3.00. The summed E-state index contributed by atoms with van der Waals surface area (Å²) in [6.45, 7) is 2.25. The molecule has 0 saturated heterocycles. The third-order valence-electron chi connectivity index (χ3n) is 4.93. The van der Waals surface area contributed by atoms with Crippen molar-refractivity contribution in [3.8, 4) is 5.75 Å². The normalized spacial score (nSPS) is 13.7. The lowest BCUT2D eigenvalue weighted by Crippen LogP contribution is -2.32. The van der Waals surface area contributed by atoms with E-state index in [-0.39, 0.29) is 23.4 Å². The van der Waals surface area contributed by atoms with Gasteiger partial charge in [0.1, 0.15) is 17.3 Å². The summed E-state index contributed by atoms with van der Waals surface area (Å²) in [5.41, 5.74) is 1.91. The summed E-state index contributed by atoms with van der Waals surface area (Å²) in [5.74, 6) is -0.790. The highest BCUT2D eigenvalue weighted by Crippen LogP contribution is 2.32. The molecule has 2 amide bonds. The van der Waals surface area contributed by atoms with Gasteiger partial charge >= 0.3 is 0 Å². The molecule has 1 aliphatic heterocycles. The van der Waals surface area contributed by atoms with Crippen molar-refractivity contribution < 1.29 is 18.7 Å². The molecule has 0 bridgehead atoms. The van der Waals surface area contributed by atoms with Crippen molar-refractivity contribution >= 4 is 23.1 Å². The van der Waals surface area contributed by atoms with Crippen LogP contribution in [0.4, 0.5) is 10.1 Å². The second-order valence-corrected chi connectivity index (χ2v) is 6.99. The van der Waals surface area contributed by atoms with Gasteiger partial charge in [-0.3, -0.25) is 14.5 Å². The highest BCUT2D eigenvalue weighted by molar-refractivity contribution is 6.36. The molecule has 0 saturated carbocycles. The highest BCUT2D eigenvalue weighted by Gasteiger charge is 2.39. The highest BCUT2D eigenvalue weighted by atomic mass is 19.1. The molecule has 0 fully saturated rings. The number of rotatable bonds is 7. The number of benzene rings is 3. The summed E-state index contributed by atoms with van der Waals surface area (Å²) in [7, 11) is 0. The molecule has 1 N–H and O–H groups in total. The maximum Gasteiger partial charge on any atom is 0.278 e. The van der Waals surface area contributed by atoms with E-state index in [9.17, 15) is 14.0 Å². The lowest BCUT2D eigenvalue weighted by molar-refractivity contribution is -0.137. The van der Waals surface area contributed by atoms with E-state index < -0.39 is 17.6 Å². The first kappa shape index (κ1) is 20.3. The van der Waals surface area contributed by atoms with Gasteiger partial charge in [-0.05, 0) is 30.7 Å². The molecular weight excluding hydrogens is 395 g/mol. The number of amides is 2. The monoisotopic (exact) mass is 416 g/mol. The van der Waals surface area contributed by atoms with Gasteiger partial charge in [0.2, 0.25) is 0 Å². The van der Waals surface area contributed by atoms with E-state index in [1.165, 1.54) is 6.07 Å². The van der Waals surface area contributed by atoms with E-state index in [1.807, 2.05) is 19.1 Å². The van der Waals surface area contributed by atoms with Crippen molar-refractivity contribution in [2.24, 2.45) is 0 Å². The predicted molar refractivity (Wildman–Crippen MR) is 117 cm³/mol. The molecule has 0 unspecified atom stereocenters. The zero-order valence-corrected chi connectivity index (χ0v) is 17.0. The Morgan fingerprint density at radius 2 is 1.65 bits per heavy atom. The van der Waals surface area contributed by atoms with E-state index in [0.29, 0.717) is 23.6 Å². The molecule has 1 aliphatic rings. The van der Waals surface area contributed by atoms with Crippen LogP contribution in [0.1, 0.15) is 18.1 Å². The van der Waals surface area contributed by atoms with Crippen LogP contribution in [0.3, 0.4) is 0 Å². The average molecular weight is 416 g/mol. The van der Waals surface area contributed by atoms with Crippen molar-refractivity contribution in [1.82, 2.24) is 4.90 Å². The first-order valence-electron chi connectivity index (χ1n) is 9.97. The molecule has 0 radical (unpaired) electrons. The number of anilines is 1. The molecule has 3 aromatic rings. The smallest absolute Gasteiger partial charge is 0.278 e. The van der Waals surface area contributed by atoms with E-state index >= 15 is 0 Å². The van der Waals surface area contributed by atoms with Gasteiger partial charge in [-0.2, -0.15) is 0 Å². The number of carbonyl (C=O) groups is 2. The number of carbonyl (C=O) groups excluding carboxylic acids is 2. The lowest BCUT2D eigenvalue weighted by atomic mass is 10.0. The Morgan fingerprint density at radius 3 is 2.39 bits per heavy atom. The first-order chi connectivity index (χ1) is 15.1. The Bertz CT molecular complexity index is 1160. The van der Waals surface area contributed by atoms with Gasteiger partial charge in [-0.15, -0.1) is 0 Å². The number of ether oxygens (including phenoxy) is 1. The van der Waals surface area contributed by atoms with Crippen LogP contribution in [-0.2, 0) is 16.1 Å². The maximum atomic E-state index is 14.2. The van der Waals surface area contributed by atoms with Gasteiger partial charge in [0.05, 0.1) is 18.7 Å². The fourth-order valence-corrected chi connectivity index (χ4v) is 3.48. The minimum Gasteiger partial charge on any atom is -0.494 e. The molecule has 4 rings (SSSR count). The van der Waals surface area contributed by atoms with Crippen LogP contribution < -0.4 is 10.1 Å². The quantitative estimate of drug-likeness (QED) is 0.571. The third kappa shape index (κ3) is 4.19. The molecule has 156 valence electrons. The summed E-state index contributed by atoms with van der Waals surface area (Å²) in [6, 6.07) is 22.2. The summed E-state index contributed by atoms with van der Waals surface area (Å²) in [5, 5.41) is 3.09. The number of nitrogens with one attached hydrogen (secondary N) is 1. The summed E-state index contributed by atoms with van der Waals surface area (Å²) < 4.78 is 19.7. The minimum atomic E-state index is -0.506. The molecule has 1 heterocycles. The number of hydrogen-bond acceptors (Lipinski definition) is 4. The van der Waals surface area contributed by atoms with Gasteiger partial charge in [0.15, 0.2) is 0 Å². The van der Waals surface area contributed by atoms with Crippen LogP contribution >= 0.6 is 0 Å². The van der Waals surface area contributed by atoms with E-state index in [0.717, 1.165) is 4.90 Å². The minimum absolute atomic E-state index is 0.148. The summed E-state index contributed by atoms with van der Waals surface area (Å²) in [4.78, 5) is 27.6. The molecule has 0 atom stereocenters. The summed E-state index contributed by atoms with van der Waals surface area (Å²) >= 11 is 0. The molecule has 6 heteroatoms. The number of hydrogen-bond donors (Lipinski definition) is 1. The van der Waals surface area contributed by atoms with Crippen molar-refractivity contribution in [1.29, 1.82) is 0 Å². The first-order valence-corrected chi connectivity index (χ1v) is 9.97. The zero-order chi connectivity index (χ0) is 21.8. The van der Waals surface area contributed by atoms with Crippen LogP contribution in [-0.4, -0.2) is 23.3 Å². The second-order valence-electron chi connectivity index (χ2n) is 6.99. The standard InChI is InChI=1S/C25H21FN2O3/c1-2-31-20-13-8-12-19(15-20)27-23-22(17-9-4-3-5-10-17)24(29)28(25(23)30)16-18-11-6-7-14-21(18)26/h3-15,27H,2,16H2,1H3. The number of nitrogens with zero attached hydrogens (tertiary/aromatic N) is 1. The topological polar surface area (TPSA) is 58.6 Å². The Morgan fingerprint density at radius 1 is 0.903 bits per heavy atom. The second kappa shape index (κ2) is 8.83. The Labute approximate surface area is 179 Å². The Kier molecular flexibility index (Phi) is 5.80. The van der Waals surface area contributed by atoms with Crippen LogP contribution in [0, 0.1) is 5.82 Å². The predicted octanol–water partition coefficient (Wildman–Crippen LogP) is 4.62. The summed E-state index contributed by atoms with van der Waals surface area (Å²) in [6.07, 6.45) is 0. The molecule has 0 aliphatic carbocycles. The van der Waals surface area contributed by atoms with Crippen molar-refractivity contribution in [2.75, 3.05) is 11.9 Å². The van der Waals surface area contributed by atoms with Gasteiger partial charge in [0, 0.05) is 17.3 Å². The van der Waals surface area contributed by atoms with Crippen LogP contribution in [0.2, 0.25) is 0 Å². The molecular formula is C25H21FN2O3. The van der Waals surface area contributed by atoms with Crippen LogP contribution in [0.15, 0.2) is 84.6 Å². The van der Waals surface area contributed by atoms with Gasteiger partial charge < -0.3 is 10.1 Å². The lowest BCUT2D eigenvalue weighted by Gasteiger charge is -2.16. The van der Waals surface area contributed by atoms with Gasteiger partial charge in [-0.1, -0.05) is 54.6 Å². The molecule has 0 spiro atoms. The fraction of sp³-hybridized carbons (Fsp3) is 0.120. The maximum absolute atomic E-state index is 14.2. The van der Waals surface area contributed by atoms with Crippen LogP contribution in [0.25, 0.3) is 5.57 Å². The Balaban J connectivity index is 1.72. The van der Waals surface area contributed by atoms with E-state index in [2.05, 4.69) is 5.32 Å².